The number of fused-ring (bicyclic) bond motifs is 1. The Hall–Kier alpha value is -1.06. The standard InChI is InChI=1S/C12H14ClN3/c13-10-1-2-11-7-15-12(16(11)8-10)9-3-5-14-6-4-9/h1-2,7-9,14H,3-6H2. The minimum Gasteiger partial charge on any atom is -0.317 e. The number of aromatic nitrogens is 2. The molecule has 3 nitrogen and oxygen atoms in total. The Bertz CT molecular complexity index is 500. The third kappa shape index (κ3) is 1.70. The summed E-state index contributed by atoms with van der Waals surface area (Å²) < 4.78 is 2.12. The SMILES string of the molecule is Clc1ccc2cnc(C3CCNCC3)n2c1. The average Bonchev–Trinajstić information content (AvgIpc) is 2.73. The van der Waals surface area contributed by atoms with E-state index in [1.165, 1.54) is 0 Å². The largest absolute Gasteiger partial charge is 0.317 e. The molecule has 0 radical (unpaired) electrons. The Morgan fingerprint density at radius 2 is 2.12 bits per heavy atom. The number of hydrogen-bond donors (Lipinski definition) is 1. The summed E-state index contributed by atoms with van der Waals surface area (Å²) in [6.45, 7) is 2.17. The summed E-state index contributed by atoms with van der Waals surface area (Å²) in [5.41, 5.74) is 1.12. The molecule has 1 fully saturated rings. The molecule has 0 spiro atoms. The van der Waals surface area contributed by atoms with Crippen molar-refractivity contribution in [3.05, 3.63) is 35.4 Å². The van der Waals surface area contributed by atoms with Gasteiger partial charge in [0.25, 0.3) is 0 Å². The Balaban J connectivity index is 2.05. The Labute approximate surface area is 99.4 Å². The highest BCUT2D eigenvalue weighted by Gasteiger charge is 2.19. The van der Waals surface area contributed by atoms with Crippen molar-refractivity contribution in [2.75, 3.05) is 13.1 Å². The van der Waals surface area contributed by atoms with Crippen LogP contribution in [0, 0.1) is 0 Å². The van der Waals surface area contributed by atoms with Crippen LogP contribution in [0.4, 0.5) is 0 Å². The van der Waals surface area contributed by atoms with Gasteiger partial charge in [0.1, 0.15) is 5.82 Å². The van der Waals surface area contributed by atoms with Crippen LogP contribution in [0.3, 0.4) is 0 Å². The number of halogens is 1. The first kappa shape index (κ1) is 10.1. The molecule has 1 aliphatic heterocycles. The van der Waals surface area contributed by atoms with Crippen molar-refractivity contribution in [3.8, 4) is 0 Å². The first-order valence-electron chi connectivity index (χ1n) is 5.68. The molecule has 0 bridgehead atoms. The van der Waals surface area contributed by atoms with E-state index in [-0.39, 0.29) is 0 Å². The molecule has 2 aromatic rings. The van der Waals surface area contributed by atoms with Gasteiger partial charge in [0, 0.05) is 12.1 Å². The minimum atomic E-state index is 0.558. The van der Waals surface area contributed by atoms with Crippen LogP contribution in [0.5, 0.6) is 0 Å². The van der Waals surface area contributed by atoms with Crippen LogP contribution in [0.25, 0.3) is 5.52 Å². The van der Waals surface area contributed by atoms with Crippen LogP contribution >= 0.6 is 11.6 Å². The molecule has 3 rings (SSSR count). The quantitative estimate of drug-likeness (QED) is 0.823. The first-order chi connectivity index (χ1) is 7.84. The van der Waals surface area contributed by atoms with Gasteiger partial charge in [-0.2, -0.15) is 0 Å². The van der Waals surface area contributed by atoms with E-state index in [0.29, 0.717) is 5.92 Å². The fourth-order valence-electron chi connectivity index (χ4n) is 2.37. The highest BCUT2D eigenvalue weighted by atomic mass is 35.5. The Kier molecular flexibility index (Phi) is 2.58. The predicted octanol–water partition coefficient (Wildman–Crippen LogP) is 2.45. The van der Waals surface area contributed by atoms with E-state index in [1.807, 2.05) is 24.5 Å². The maximum Gasteiger partial charge on any atom is 0.116 e. The summed E-state index contributed by atoms with van der Waals surface area (Å²) >= 11 is 6.03. The highest BCUT2D eigenvalue weighted by molar-refractivity contribution is 6.30. The molecule has 4 heteroatoms. The molecule has 0 amide bonds. The van der Waals surface area contributed by atoms with Gasteiger partial charge in [-0.3, -0.25) is 0 Å². The van der Waals surface area contributed by atoms with Gasteiger partial charge in [0.15, 0.2) is 0 Å². The minimum absolute atomic E-state index is 0.558. The zero-order valence-electron chi connectivity index (χ0n) is 8.99. The topological polar surface area (TPSA) is 29.3 Å². The molecule has 0 aliphatic carbocycles. The van der Waals surface area contributed by atoms with Crippen molar-refractivity contribution in [2.45, 2.75) is 18.8 Å². The molecule has 1 saturated heterocycles. The van der Waals surface area contributed by atoms with Crippen molar-refractivity contribution in [1.29, 1.82) is 0 Å². The summed E-state index contributed by atoms with van der Waals surface area (Å²) in [5.74, 6) is 1.71. The van der Waals surface area contributed by atoms with Crippen LogP contribution in [-0.2, 0) is 0 Å². The number of nitrogens with zero attached hydrogens (tertiary/aromatic N) is 2. The second-order valence-electron chi connectivity index (χ2n) is 4.28. The second-order valence-corrected chi connectivity index (χ2v) is 4.72. The molecule has 2 aromatic heterocycles. The lowest BCUT2D eigenvalue weighted by molar-refractivity contribution is 0.444. The molecular formula is C12H14ClN3. The van der Waals surface area contributed by atoms with Gasteiger partial charge in [0.05, 0.1) is 16.7 Å². The zero-order valence-corrected chi connectivity index (χ0v) is 9.74. The van der Waals surface area contributed by atoms with E-state index in [9.17, 15) is 0 Å². The molecule has 1 aliphatic rings. The van der Waals surface area contributed by atoms with Crippen molar-refractivity contribution in [3.63, 3.8) is 0 Å². The summed E-state index contributed by atoms with van der Waals surface area (Å²) in [6.07, 6.45) is 6.20. The number of piperidine rings is 1. The third-order valence-electron chi connectivity index (χ3n) is 3.22. The Morgan fingerprint density at radius 3 is 2.94 bits per heavy atom. The van der Waals surface area contributed by atoms with E-state index < -0.39 is 0 Å². The van der Waals surface area contributed by atoms with Crippen LogP contribution in [0.1, 0.15) is 24.6 Å². The van der Waals surface area contributed by atoms with Crippen LogP contribution in [0.15, 0.2) is 24.5 Å². The summed E-state index contributed by atoms with van der Waals surface area (Å²) in [7, 11) is 0. The maximum atomic E-state index is 6.03. The zero-order chi connectivity index (χ0) is 11.0. The summed E-state index contributed by atoms with van der Waals surface area (Å²) in [6, 6.07) is 3.92. The smallest absolute Gasteiger partial charge is 0.116 e. The molecule has 0 unspecified atom stereocenters. The number of pyridine rings is 1. The summed E-state index contributed by atoms with van der Waals surface area (Å²) in [4.78, 5) is 4.54. The van der Waals surface area contributed by atoms with E-state index >= 15 is 0 Å². The molecule has 0 saturated carbocycles. The number of hydrogen-bond acceptors (Lipinski definition) is 2. The number of imidazole rings is 1. The van der Waals surface area contributed by atoms with E-state index in [2.05, 4.69) is 14.7 Å². The van der Waals surface area contributed by atoms with E-state index in [0.717, 1.165) is 42.3 Å². The summed E-state index contributed by atoms with van der Waals surface area (Å²) in [5, 5.41) is 4.14. The molecule has 16 heavy (non-hydrogen) atoms. The maximum absolute atomic E-state index is 6.03. The predicted molar refractivity (Wildman–Crippen MR) is 65.0 cm³/mol. The monoisotopic (exact) mass is 235 g/mol. The van der Waals surface area contributed by atoms with Gasteiger partial charge in [-0.15, -0.1) is 0 Å². The lowest BCUT2D eigenvalue weighted by atomic mass is 9.97. The fourth-order valence-corrected chi connectivity index (χ4v) is 2.53. The number of rotatable bonds is 1. The molecule has 1 N–H and O–H groups in total. The van der Waals surface area contributed by atoms with Crippen LogP contribution in [-0.4, -0.2) is 22.5 Å². The fraction of sp³-hybridized carbons (Fsp3) is 0.417. The van der Waals surface area contributed by atoms with Gasteiger partial charge in [-0.25, -0.2) is 4.98 Å². The number of nitrogens with one attached hydrogen (secondary N) is 1. The van der Waals surface area contributed by atoms with Crippen LogP contribution < -0.4 is 5.32 Å². The van der Waals surface area contributed by atoms with Gasteiger partial charge in [-0.05, 0) is 38.1 Å². The average molecular weight is 236 g/mol. The van der Waals surface area contributed by atoms with E-state index in [1.54, 1.807) is 0 Å². The van der Waals surface area contributed by atoms with Crippen molar-refractivity contribution >= 4 is 17.1 Å². The second kappa shape index (κ2) is 4.07. The van der Waals surface area contributed by atoms with Gasteiger partial charge in [-0.1, -0.05) is 11.6 Å². The van der Waals surface area contributed by atoms with E-state index in [4.69, 9.17) is 11.6 Å². The van der Waals surface area contributed by atoms with Crippen molar-refractivity contribution in [1.82, 2.24) is 14.7 Å². The van der Waals surface area contributed by atoms with Crippen molar-refractivity contribution in [2.24, 2.45) is 0 Å². The lowest BCUT2D eigenvalue weighted by Crippen LogP contribution is -2.27. The molecular weight excluding hydrogens is 222 g/mol. The highest BCUT2D eigenvalue weighted by Crippen LogP contribution is 2.25. The molecule has 3 heterocycles. The van der Waals surface area contributed by atoms with Gasteiger partial charge < -0.3 is 9.72 Å². The van der Waals surface area contributed by atoms with Gasteiger partial charge >= 0.3 is 0 Å². The third-order valence-corrected chi connectivity index (χ3v) is 3.45. The molecule has 0 atom stereocenters. The van der Waals surface area contributed by atoms with Crippen molar-refractivity contribution < 1.29 is 0 Å². The Morgan fingerprint density at radius 1 is 1.31 bits per heavy atom. The lowest BCUT2D eigenvalue weighted by Gasteiger charge is -2.21. The molecule has 84 valence electrons. The van der Waals surface area contributed by atoms with Gasteiger partial charge in [0.2, 0.25) is 0 Å². The normalized spacial score (nSPS) is 18.1. The first-order valence-corrected chi connectivity index (χ1v) is 6.05. The molecule has 0 aromatic carbocycles. The van der Waals surface area contributed by atoms with Crippen LogP contribution in [0.2, 0.25) is 5.02 Å².